The minimum Gasteiger partial charge on any atom is -0.355 e. The van der Waals surface area contributed by atoms with Gasteiger partial charge in [-0.3, -0.25) is 14.6 Å². The molecule has 1 fully saturated rings. The molecule has 24 heavy (non-hydrogen) atoms. The van der Waals surface area contributed by atoms with Gasteiger partial charge in [-0.2, -0.15) is 5.10 Å². The van der Waals surface area contributed by atoms with Crippen LogP contribution < -0.4 is 10.6 Å². The molecule has 1 atom stereocenters. The van der Waals surface area contributed by atoms with E-state index in [-0.39, 0.29) is 0 Å². The van der Waals surface area contributed by atoms with Gasteiger partial charge in [-0.1, -0.05) is 26.7 Å². The van der Waals surface area contributed by atoms with Gasteiger partial charge in [0.15, 0.2) is 5.96 Å². The highest BCUT2D eigenvalue weighted by atomic mass is 15.2. The highest BCUT2D eigenvalue weighted by Gasteiger charge is 2.22. The van der Waals surface area contributed by atoms with Crippen LogP contribution in [0.1, 0.15) is 45.1 Å². The molecule has 1 aromatic rings. The number of hydrogen-bond donors (Lipinski definition) is 2. The largest absolute Gasteiger partial charge is 0.355 e. The van der Waals surface area contributed by atoms with E-state index in [1.54, 1.807) is 0 Å². The van der Waals surface area contributed by atoms with Gasteiger partial charge >= 0.3 is 0 Å². The van der Waals surface area contributed by atoms with Crippen LogP contribution in [0.25, 0.3) is 0 Å². The van der Waals surface area contributed by atoms with Gasteiger partial charge in [0.2, 0.25) is 0 Å². The lowest BCUT2D eigenvalue weighted by Gasteiger charge is -2.34. The summed E-state index contributed by atoms with van der Waals surface area (Å²) in [5, 5.41) is 11.1. The second-order valence-electron chi connectivity index (χ2n) is 7.09. The van der Waals surface area contributed by atoms with E-state index in [1.165, 1.54) is 38.8 Å². The van der Waals surface area contributed by atoms with Gasteiger partial charge < -0.3 is 10.6 Å². The molecule has 0 aromatic carbocycles. The fourth-order valence-electron chi connectivity index (χ4n) is 3.38. The first-order valence-electron chi connectivity index (χ1n) is 9.26. The third-order valence-electron chi connectivity index (χ3n) is 4.80. The minimum atomic E-state index is 0.556. The normalized spacial score (nSPS) is 18.5. The molecule has 0 bridgehead atoms. The zero-order chi connectivity index (χ0) is 17.4. The summed E-state index contributed by atoms with van der Waals surface area (Å²) in [5.41, 5.74) is 1.16. The van der Waals surface area contributed by atoms with E-state index in [0.717, 1.165) is 24.6 Å². The Labute approximate surface area is 146 Å². The number of hydrogen-bond acceptors (Lipinski definition) is 3. The topological polar surface area (TPSA) is 57.5 Å². The van der Waals surface area contributed by atoms with Crippen molar-refractivity contribution in [2.45, 2.75) is 52.1 Å². The molecule has 0 saturated carbocycles. The molecule has 136 valence electrons. The Kier molecular flexibility index (Phi) is 7.56. The molecule has 1 saturated heterocycles. The van der Waals surface area contributed by atoms with Crippen LogP contribution in [0.15, 0.2) is 17.4 Å². The molecule has 1 aliphatic rings. The zero-order valence-electron chi connectivity index (χ0n) is 15.8. The van der Waals surface area contributed by atoms with Crippen LogP contribution in [0, 0.1) is 5.92 Å². The van der Waals surface area contributed by atoms with Gasteiger partial charge in [-0.05, 0) is 31.8 Å². The van der Waals surface area contributed by atoms with E-state index < -0.39 is 0 Å². The first-order valence-corrected chi connectivity index (χ1v) is 9.26. The fraction of sp³-hybridized carbons (Fsp3) is 0.778. The molecule has 2 N–H and O–H groups in total. The molecule has 0 spiro atoms. The van der Waals surface area contributed by atoms with Crippen molar-refractivity contribution in [3.63, 3.8) is 0 Å². The summed E-state index contributed by atoms with van der Waals surface area (Å²) in [6.07, 6.45) is 9.32. The highest BCUT2D eigenvalue weighted by molar-refractivity contribution is 5.79. The van der Waals surface area contributed by atoms with Crippen LogP contribution in [0.3, 0.4) is 0 Å². The van der Waals surface area contributed by atoms with Crippen molar-refractivity contribution >= 4 is 5.96 Å². The lowest BCUT2D eigenvalue weighted by Crippen LogP contribution is -2.49. The first-order chi connectivity index (χ1) is 11.6. The monoisotopic (exact) mass is 334 g/mol. The summed E-state index contributed by atoms with van der Waals surface area (Å²) in [7, 11) is 3.76. The van der Waals surface area contributed by atoms with Crippen molar-refractivity contribution in [2.24, 2.45) is 18.0 Å². The summed E-state index contributed by atoms with van der Waals surface area (Å²) in [4.78, 5) is 7.02. The summed E-state index contributed by atoms with van der Waals surface area (Å²) in [6, 6.07) is 0.556. The first kappa shape index (κ1) is 18.8. The highest BCUT2D eigenvalue weighted by Crippen LogP contribution is 2.17. The van der Waals surface area contributed by atoms with Crippen LogP contribution in [0.5, 0.6) is 0 Å². The van der Waals surface area contributed by atoms with E-state index in [4.69, 9.17) is 0 Å². The lowest BCUT2D eigenvalue weighted by molar-refractivity contribution is 0.161. The molecule has 6 heteroatoms. The Morgan fingerprint density at radius 3 is 2.46 bits per heavy atom. The van der Waals surface area contributed by atoms with Crippen molar-refractivity contribution in [3.8, 4) is 0 Å². The molecule has 2 heterocycles. The standard InChI is InChI=1S/C18H34N6/c1-15(2)17(24-9-7-5-6-8-10-24)13-21-18(19-3)20-11-16-12-22-23(4)14-16/h12,14-15,17H,5-11,13H2,1-4H3,(H2,19,20,21). The molecule has 6 nitrogen and oxygen atoms in total. The van der Waals surface area contributed by atoms with Crippen LogP contribution in [-0.2, 0) is 13.6 Å². The van der Waals surface area contributed by atoms with Gasteiger partial charge in [-0.25, -0.2) is 0 Å². The third-order valence-corrected chi connectivity index (χ3v) is 4.80. The fourth-order valence-corrected chi connectivity index (χ4v) is 3.38. The minimum absolute atomic E-state index is 0.556. The van der Waals surface area contributed by atoms with Gasteiger partial charge in [-0.15, -0.1) is 0 Å². The lowest BCUT2D eigenvalue weighted by atomic mass is 10.0. The molecule has 1 unspecified atom stereocenters. The zero-order valence-corrected chi connectivity index (χ0v) is 15.8. The van der Waals surface area contributed by atoms with E-state index in [2.05, 4.69) is 39.5 Å². The molecular formula is C18H34N6. The molecule has 2 rings (SSSR count). The number of guanidine groups is 1. The van der Waals surface area contributed by atoms with Crippen LogP contribution in [-0.4, -0.2) is 53.4 Å². The number of nitrogens with one attached hydrogen (secondary N) is 2. The van der Waals surface area contributed by atoms with Crippen molar-refractivity contribution < 1.29 is 0 Å². The SMILES string of the molecule is CN=C(NCc1cnn(C)c1)NCC(C(C)C)N1CCCCCC1. The number of likely N-dealkylation sites (tertiary alicyclic amines) is 1. The molecule has 0 radical (unpaired) electrons. The second-order valence-corrected chi connectivity index (χ2v) is 7.09. The van der Waals surface area contributed by atoms with Crippen molar-refractivity contribution in [1.29, 1.82) is 0 Å². The number of aryl methyl sites for hydroxylation is 1. The maximum Gasteiger partial charge on any atom is 0.191 e. The van der Waals surface area contributed by atoms with Gasteiger partial charge in [0.1, 0.15) is 0 Å². The van der Waals surface area contributed by atoms with Crippen molar-refractivity contribution in [2.75, 3.05) is 26.7 Å². The van der Waals surface area contributed by atoms with E-state index >= 15 is 0 Å². The Morgan fingerprint density at radius 1 is 1.21 bits per heavy atom. The van der Waals surface area contributed by atoms with Crippen LogP contribution >= 0.6 is 0 Å². The predicted octanol–water partition coefficient (Wildman–Crippen LogP) is 1.99. The Bertz CT molecular complexity index is 499. The van der Waals surface area contributed by atoms with E-state index in [1.807, 2.05) is 31.2 Å². The summed E-state index contributed by atoms with van der Waals surface area (Å²) >= 11 is 0. The average Bonchev–Trinajstić information content (AvgIpc) is 2.81. The van der Waals surface area contributed by atoms with Crippen LogP contribution in [0.2, 0.25) is 0 Å². The smallest absolute Gasteiger partial charge is 0.191 e. The van der Waals surface area contributed by atoms with Crippen LogP contribution in [0.4, 0.5) is 0 Å². The summed E-state index contributed by atoms with van der Waals surface area (Å²) < 4.78 is 1.82. The Morgan fingerprint density at radius 2 is 1.92 bits per heavy atom. The maximum absolute atomic E-state index is 4.35. The third kappa shape index (κ3) is 5.82. The Balaban J connectivity index is 1.84. The summed E-state index contributed by atoms with van der Waals surface area (Å²) in [6.45, 7) is 8.78. The van der Waals surface area contributed by atoms with Crippen molar-refractivity contribution in [1.82, 2.24) is 25.3 Å². The molecule has 1 aromatic heterocycles. The van der Waals surface area contributed by atoms with Gasteiger partial charge in [0.05, 0.1) is 6.20 Å². The second kappa shape index (κ2) is 9.67. The number of aliphatic imine (C=N–C) groups is 1. The number of aromatic nitrogens is 2. The quantitative estimate of drug-likeness (QED) is 0.617. The molecule has 0 aliphatic carbocycles. The molecular weight excluding hydrogens is 300 g/mol. The van der Waals surface area contributed by atoms with Crippen molar-refractivity contribution in [3.05, 3.63) is 18.0 Å². The predicted molar refractivity (Wildman–Crippen MR) is 100 cm³/mol. The number of rotatable bonds is 6. The molecule has 0 amide bonds. The Hall–Kier alpha value is -1.56. The van der Waals surface area contributed by atoms with E-state index in [0.29, 0.717) is 12.0 Å². The maximum atomic E-state index is 4.35. The van der Waals surface area contributed by atoms with E-state index in [9.17, 15) is 0 Å². The summed E-state index contributed by atoms with van der Waals surface area (Å²) in [5.74, 6) is 1.49. The number of nitrogens with zero attached hydrogens (tertiary/aromatic N) is 4. The average molecular weight is 335 g/mol. The van der Waals surface area contributed by atoms with Gasteiger partial charge in [0, 0.05) is 45.0 Å². The van der Waals surface area contributed by atoms with Gasteiger partial charge in [0.25, 0.3) is 0 Å². The molecule has 1 aliphatic heterocycles.